The topological polar surface area (TPSA) is 92.4 Å². The van der Waals surface area contributed by atoms with Crippen molar-refractivity contribution in [2.75, 3.05) is 12.3 Å². The van der Waals surface area contributed by atoms with Crippen LogP contribution in [0.2, 0.25) is 0 Å². The molecule has 1 rings (SSSR count). The van der Waals surface area contributed by atoms with Crippen LogP contribution in [0.1, 0.15) is 10.4 Å². The zero-order chi connectivity index (χ0) is 11.4. The highest BCUT2D eigenvalue weighted by Crippen LogP contribution is 2.11. The Balaban J connectivity index is 2.74. The van der Waals surface area contributed by atoms with Gasteiger partial charge in [-0.2, -0.15) is 0 Å². The van der Waals surface area contributed by atoms with Gasteiger partial charge in [0.1, 0.15) is 12.4 Å². The summed E-state index contributed by atoms with van der Waals surface area (Å²) in [6, 6.07) is 3.42. The number of benzene rings is 1. The molecule has 0 saturated carbocycles. The summed E-state index contributed by atoms with van der Waals surface area (Å²) in [6.07, 6.45) is 0. The first-order valence-electron chi connectivity index (χ1n) is 4.05. The number of anilines is 1. The molecule has 0 aliphatic heterocycles. The number of aliphatic carboxylic acids is 1. The number of carbonyl (C=O) groups is 2. The molecule has 0 saturated heterocycles. The van der Waals surface area contributed by atoms with Crippen LogP contribution >= 0.6 is 0 Å². The monoisotopic (exact) mass is 211 g/mol. The molecule has 4 N–H and O–H groups in total. The van der Waals surface area contributed by atoms with E-state index < -0.39 is 24.2 Å². The van der Waals surface area contributed by atoms with Gasteiger partial charge in [0.25, 0.3) is 5.91 Å². The van der Waals surface area contributed by atoms with E-state index in [4.69, 9.17) is 10.8 Å². The average Bonchev–Trinajstić information content (AvgIpc) is 2.18. The van der Waals surface area contributed by atoms with Gasteiger partial charge < -0.3 is 16.2 Å². The Morgan fingerprint density at radius 2 is 2.13 bits per heavy atom. The minimum Gasteiger partial charge on any atom is -0.480 e. The molecule has 0 unspecified atom stereocenters. The number of hydrogen-bond acceptors (Lipinski definition) is 3. The molecule has 1 aromatic carbocycles. The summed E-state index contributed by atoms with van der Waals surface area (Å²) in [4.78, 5) is 21.4. The van der Waals surface area contributed by atoms with E-state index in [2.05, 4.69) is 5.32 Å². The van der Waals surface area contributed by atoms with E-state index >= 15 is 0 Å². The van der Waals surface area contributed by atoms with Crippen LogP contribution in [-0.4, -0.2) is 23.5 Å². The third-order valence-electron chi connectivity index (χ3n) is 1.66. The lowest BCUT2D eigenvalue weighted by atomic mass is 10.2. The van der Waals surface area contributed by atoms with E-state index in [1.807, 2.05) is 0 Å². The smallest absolute Gasteiger partial charge is 0.322 e. The van der Waals surface area contributed by atoms with E-state index in [-0.39, 0.29) is 11.3 Å². The van der Waals surface area contributed by atoms with Crippen LogP contribution in [0.3, 0.4) is 0 Å². The van der Waals surface area contributed by atoms with Crippen LogP contribution in [0.4, 0.5) is 10.1 Å². The summed E-state index contributed by atoms with van der Waals surface area (Å²) in [7, 11) is 0. The van der Waals surface area contributed by atoms with Crippen molar-refractivity contribution in [1.82, 2.24) is 5.32 Å². The number of amides is 1. The molecule has 0 aromatic heterocycles. The Bertz CT molecular complexity index is 406. The minimum atomic E-state index is -1.15. The van der Waals surface area contributed by atoms with Crippen molar-refractivity contribution in [2.45, 2.75) is 0 Å². The fraction of sp³-hybridized carbons (Fsp3) is 0.111. The molecule has 1 aromatic rings. The van der Waals surface area contributed by atoms with Gasteiger partial charge in [-0.1, -0.05) is 0 Å². The summed E-state index contributed by atoms with van der Waals surface area (Å²) in [5.74, 6) is -2.38. The molecule has 0 aliphatic rings. The average molecular weight is 211 g/mol. The molecule has 6 heteroatoms. The van der Waals surface area contributed by atoms with Gasteiger partial charge in [0, 0.05) is 5.56 Å². The summed E-state index contributed by atoms with van der Waals surface area (Å²) in [6.45, 7) is -0.490. The lowest BCUT2D eigenvalue weighted by Crippen LogP contribution is -2.29. The molecule has 0 aliphatic carbocycles. The maximum atomic E-state index is 12.7. The Morgan fingerprint density at radius 3 is 2.67 bits per heavy atom. The summed E-state index contributed by atoms with van der Waals surface area (Å²) in [5.41, 5.74) is 5.21. The SMILES string of the molecule is Nc1cc(C(=O)NCC(=O)O)ccc1[18F]. The maximum absolute atomic E-state index is 12.7. The number of nitrogens with one attached hydrogen (secondary N) is 1. The standard InChI is InChI=1S/C9H9FN2O3/c10-6-2-1-5(3-7(6)11)9(15)12-4-8(13)14/h1-3H,4,11H2,(H,12,15)(H,13,14)/i10-1. The predicted molar refractivity (Wildman–Crippen MR) is 50.8 cm³/mol. The third-order valence-corrected chi connectivity index (χ3v) is 1.66. The van der Waals surface area contributed by atoms with Crippen molar-refractivity contribution >= 4 is 17.6 Å². The van der Waals surface area contributed by atoms with Crippen LogP contribution in [0, 0.1) is 5.82 Å². The van der Waals surface area contributed by atoms with E-state index in [9.17, 15) is 14.0 Å². The number of carboxylic acids is 1. The summed E-state index contributed by atoms with van der Waals surface area (Å²) < 4.78 is 12.7. The Labute approximate surface area is 84.7 Å². The quantitative estimate of drug-likeness (QED) is 0.623. The van der Waals surface area contributed by atoms with Crippen molar-refractivity contribution in [3.8, 4) is 0 Å². The van der Waals surface area contributed by atoms with E-state index in [1.54, 1.807) is 0 Å². The molecule has 0 fully saturated rings. The van der Waals surface area contributed by atoms with Crippen LogP contribution < -0.4 is 11.1 Å². The van der Waals surface area contributed by atoms with Crippen LogP contribution in [-0.2, 0) is 4.79 Å². The Morgan fingerprint density at radius 1 is 1.47 bits per heavy atom. The number of halogens is 1. The van der Waals surface area contributed by atoms with Crippen molar-refractivity contribution in [3.05, 3.63) is 29.6 Å². The fourth-order valence-corrected chi connectivity index (χ4v) is 0.943. The fourth-order valence-electron chi connectivity index (χ4n) is 0.943. The third kappa shape index (κ3) is 2.94. The molecule has 1 amide bonds. The largest absolute Gasteiger partial charge is 0.480 e. The van der Waals surface area contributed by atoms with Gasteiger partial charge in [0.05, 0.1) is 5.69 Å². The van der Waals surface area contributed by atoms with Crippen molar-refractivity contribution < 1.29 is 19.1 Å². The second-order valence-electron chi connectivity index (χ2n) is 2.81. The number of rotatable bonds is 3. The highest BCUT2D eigenvalue weighted by molar-refractivity contribution is 5.96. The number of nitrogen functional groups attached to an aromatic ring is 1. The van der Waals surface area contributed by atoms with Gasteiger partial charge in [-0.25, -0.2) is 4.39 Å². The second kappa shape index (κ2) is 4.41. The first-order chi connectivity index (χ1) is 7.00. The Kier molecular flexibility index (Phi) is 3.22. The van der Waals surface area contributed by atoms with Crippen molar-refractivity contribution in [1.29, 1.82) is 0 Å². The van der Waals surface area contributed by atoms with E-state index in [0.717, 1.165) is 12.1 Å². The first kappa shape index (κ1) is 11.0. The number of carboxylic acid groups (broad SMARTS) is 1. The number of nitrogens with two attached hydrogens (primary N) is 1. The highest BCUT2D eigenvalue weighted by atomic mass is 18.2. The van der Waals surface area contributed by atoms with Crippen LogP contribution in [0.15, 0.2) is 18.2 Å². The first-order valence-corrected chi connectivity index (χ1v) is 4.05. The molecule has 0 heterocycles. The van der Waals surface area contributed by atoms with Gasteiger partial charge in [-0.05, 0) is 18.2 Å². The Hall–Kier alpha value is -2.11. The molecule has 0 spiro atoms. The van der Waals surface area contributed by atoms with E-state index in [0.29, 0.717) is 0 Å². The number of carbonyl (C=O) groups excluding carboxylic acids is 1. The summed E-state index contributed by atoms with van der Waals surface area (Å²) in [5, 5.41) is 10.4. The zero-order valence-electron chi connectivity index (χ0n) is 7.66. The predicted octanol–water partition coefficient (Wildman–Crippen LogP) is 0.222. The molecule has 0 radical (unpaired) electrons. The molecule has 0 bridgehead atoms. The molecule has 15 heavy (non-hydrogen) atoms. The number of hydrogen-bond donors (Lipinski definition) is 3. The molecular formula is C9H9FN2O3. The molecule has 5 nitrogen and oxygen atoms in total. The van der Waals surface area contributed by atoms with Crippen molar-refractivity contribution in [3.63, 3.8) is 0 Å². The summed E-state index contributed by atoms with van der Waals surface area (Å²) >= 11 is 0. The van der Waals surface area contributed by atoms with Crippen LogP contribution in [0.25, 0.3) is 0 Å². The maximum Gasteiger partial charge on any atom is 0.322 e. The van der Waals surface area contributed by atoms with E-state index in [1.165, 1.54) is 6.07 Å². The van der Waals surface area contributed by atoms with Crippen LogP contribution in [0.5, 0.6) is 0 Å². The minimum absolute atomic E-state index is 0.121. The molecule has 80 valence electrons. The van der Waals surface area contributed by atoms with Gasteiger partial charge in [-0.3, -0.25) is 9.59 Å². The van der Waals surface area contributed by atoms with Gasteiger partial charge in [-0.15, -0.1) is 0 Å². The molecular weight excluding hydrogens is 202 g/mol. The molecule has 0 atom stereocenters. The van der Waals surface area contributed by atoms with Crippen molar-refractivity contribution in [2.24, 2.45) is 0 Å². The normalized spacial score (nSPS) is 9.67. The zero-order valence-corrected chi connectivity index (χ0v) is 7.66. The highest BCUT2D eigenvalue weighted by Gasteiger charge is 2.08. The van der Waals surface area contributed by atoms with Gasteiger partial charge in [0.15, 0.2) is 0 Å². The van der Waals surface area contributed by atoms with Gasteiger partial charge >= 0.3 is 5.97 Å². The lowest BCUT2D eigenvalue weighted by Gasteiger charge is -2.03. The lowest BCUT2D eigenvalue weighted by molar-refractivity contribution is -0.135. The second-order valence-corrected chi connectivity index (χ2v) is 2.81. The van der Waals surface area contributed by atoms with Gasteiger partial charge in [0.2, 0.25) is 0 Å².